The lowest BCUT2D eigenvalue weighted by Crippen LogP contribution is -2.45. The molecular formula is C23H30N4O. The largest absolute Gasteiger partial charge is 0.369 e. The zero-order chi connectivity index (χ0) is 19.3. The van der Waals surface area contributed by atoms with E-state index in [1.165, 1.54) is 16.8 Å². The number of anilines is 2. The molecular weight excluding hydrogens is 348 g/mol. The summed E-state index contributed by atoms with van der Waals surface area (Å²) in [4.78, 5) is 17.2. The molecule has 1 unspecified atom stereocenters. The number of carbonyl (C=O) groups excluding carboxylic acids is 1. The van der Waals surface area contributed by atoms with E-state index in [2.05, 4.69) is 63.8 Å². The van der Waals surface area contributed by atoms with Crippen molar-refractivity contribution in [3.05, 3.63) is 59.7 Å². The summed E-state index contributed by atoms with van der Waals surface area (Å²) < 4.78 is 0. The van der Waals surface area contributed by atoms with E-state index >= 15 is 0 Å². The van der Waals surface area contributed by atoms with Gasteiger partial charge >= 0.3 is 0 Å². The van der Waals surface area contributed by atoms with Crippen LogP contribution in [-0.2, 0) is 11.3 Å². The number of nitrogens with one attached hydrogen (secondary N) is 2. The van der Waals surface area contributed by atoms with Crippen molar-refractivity contribution in [2.75, 3.05) is 42.9 Å². The second-order valence-electron chi connectivity index (χ2n) is 7.94. The van der Waals surface area contributed by atoms with Gasteiger partial charge in [-0.25, -0.2) is 0 Å². The summed E-state index contributed by atoms with van der Waals surface area (Å²) in [6.45, 7) is 8.31. The Bertz CT molecular complexity index is 791. The highest BCUT2D eigenvalue weighted by Gasteiger charge is 2.22. The van der Waals surface area contributed by atoms with E-state index in [4.69, 9.17) is 0 Å². The summed E-state index contributed by atoms with van der Waals surface area (Å²) in [7, 11) is 0. The molecule has 2 heterocycles. The molecule has 2 saturated heterocycles. The maximum Gasteiger partial charge on any atom is 0.241 e. The minimum Gasteiger partial charge on any atom is -0.369 e. The van der Waals surface area contributed by atoms with Crippen LogP contribution < -0.4 is 15.5 Å². The number of carbonyl (C=O) groups is 1. The number of piperazine rings is 1. The molecule has 148 valence electrons. The van der Waals surface area contributed by atoms with Crippen LogP contribution in [0.25, 0.3) is 0 Å². The fourth-order valence-electron chi connectivity index (χ4n) is 4.08. The van der Waals surface area contributed by atoms with Gasteiger partial charge in [0.05, 0.1) is 6.04 Å². The van der Waals surface area contributed by atoms with Crippen LogP contribution in [0.4, 0.5) is 11.4 Å². The third-order valence-corrected chi connectivity index (χ3v) is 5.74. The summed E-state index contributed by atoms with van der Waals surface area (Å²) in [5, 5.41) is 6.26. The Balaban J connectivity index is 1.26. The molecule has 1 amide bonds. The number of hydrogen-bond donors (Lipinski definition) is 2. The molecule has 4 rings (SSSR count). The van der Waals surface area contributed by atoms with Crippen LogP contribution in [-0.4, -0.2) is 49.6 Å². The van der Waals surface area contributed by atoms with Gasteiger partial charge < -0.3 is 15.5 Å². The zero-order valence-corrected chi connectivity index (χ0v) is 16.7. The number of rotatable bonds is 5. The van der Waals surface area contributed by atoms with E-state index in [1.54, 1.807) is 0 Å². The molecule has 5 heteroatoms. The van der Waals surface area contributed by atoms with E-state index < -0.39 is 0 Å². The minimum absolute atomic E-state index is 0.0376. The molecule has 2 aromatic rings. The molecule has 0 bridgehead atoms. The van der Waals surface area contributed by atoms with Crippen molar-refractivity contribution in [2.24, 2.45) is 0 Å². The van der Waals surface area contributed by atoms with Gasteiger partial charge in [-0.1, -0.05) is 24.3 Å². The Kier molecular flexibility index (Phi) is 5.93. The predicted octanol–water partition coefficient (Wildman–Crippen LogP) is 3.01. The lowest BCUT2D eigenvalue weighted by atomic mass is 10.1. The van der Waals surface area contributed by atoms with Crippen LogP contribution in [0.2, 0.25) is 0 Å². The molecule has 2 aliphatic rings. The van der Waals surface area contributed by atoms with Gasteiger partial charge in [0.1, 0.15) is 0 Å². The molecule has 0 saturated carbocycles. The van der Waals surface area contributed by atoms with Gasteiger partial charge in [-0.2, -0.15) is 0 Å². The van der Waals surface area contributed by atoms with Crippen LogP contribution in [0, 0.1) is 6.92 Å². The summed E-state index contributed by atoms with van der Waals surface area (Å²) in [5.74, 6) is 0.0810. The minimum atomic E-state index is -0.0376. The van der Waals surface area contributed by atoms with Gasteiger partial charge in [-0.15, -0.1) is 0 Å². The van der Waals surface area contributed by atoms with Crippen molar-refractivity contribution in [3.63, 3.8) is 0 Å². The molecule has 0 aliphatic carbocycles. The van der Waals surface area contributed by atoms with Gasteiger partial charge in [0.2, 0.25) is 5.91 Å². The first-order valence-electron chi connectivity index (χ1n) is 10.3. The maximum atomic E-state index is 12.2. The van der Waals surface area contributed by atoms with Crippen molar-refractivity contribution in [1.82, 2.24) is 10.2 Å². The van der Waals surface area contributed by atoms with E-state index in [-0.39, 0.29) is 11.9 Å². The first-order chi connectivity index (χ1) is 13.7. The Morgan fingerprint density at radius 2 is 1.89 bits per heavy atom. The third-order valence-electron chi connectivity index (χ3n) is 5.74. The van der Waals surface area contributed by atoms with Crippen molar-refractivity contribution in [1.29, 1.82) is 0 Å². The lowest BCUT2D eigenvalue weighted by Gasteiger charge is -2.36. The van der Waals surface area contributed by atoms with Crippen LogP contribution >= 0.6 is 0 Å². The summed E-state index contributed by atoms with van der Waals surface area (Å²) >= 11 is 0. The topological polar surface area (TPSA) is 47.6 Å². The Hall–Kier alpha value is -2.37. The van der Waals surface area contributed by atoms with Crippen molar-refractivity contribution < 1.29 is 4.79 Å². The van der Waals surface area contributed by atoms with Crippen LogP contribution in [0.15, 0.2) is 48.5 Å². The van der Waals surface area contributed by atoms with Gasteiger partial charge in [-0.05, 0) is 61.7 Å². The Morgan fingerprint density at radius 3 is 2.57 bits per heavy atom. The molecule has 2 fully saturated rings. The van der Waals surface area contributed by atoms with E-state index in [0.717, 1.165) is 57.8 Å². The summed E-state index contributed by atoms with van der Waals surface area (Å²) in [6.07, 6.45) is 2.01. The fourth-order valence-corrected chi connectivity index (χ4v) is 4.08. The predicted molar refractivity (Wildman–Crippen MR) is 115 cm³/mol. The Labute approximate surface area is 167 Å². The second-order valence-corrected chi connectivity index (χ2v) is 7.94. The lowest BCUT2D eigenvalue weighted by molar-refractivity contribution is -0.117. The molecule has 2 aromatic carbocycles. The van der Waals surface area contributed by atoms with Gasteiger partial charge in [0, 0.05) is 44.1 Å². The molecule has 2 N–H and O–H groups in total. The van der Waals surface area contributed by atoms with E-state index in [0.29, 0.717) is 0 Å². The van der Waals surface area contributed by atoms with Crippen LogP contribution in [0.3, 0.4) is 0 Å². The fraction of sp³-hybridized carbons (Fsp3) is 0.435. The molecule has 0 radical (unpaired) electrons. The van der Waals surface area contributed by atoms with Crippen LogP contribution in [0.5, 0.6) is 0 Å². The summed E-state index contributed by atoms with van der Waals surface area (Å²) in [6, 6.07) is 17.0. The summed E-state index contributed by atoms with van der Waals surface area (Å²) in [5.41, 5.74) is 4.82. The van der Waals surface area contributed by atoms with Crippen molar-refractivity contribution in [3.8, 4) is 0 Å². The van der Waals surface area contributed by atoms with E-state index in [9.17, 15) is 4.79 Å². The number of benzene rings is 2. The maximum absolute atomic E-state index is 12.2. The second kappa shape index (κ2) is 8.76. The number of amides is 1. The monoisotopic (exact) mass is 378 g/mol. The van der Waals surface area contributed by atoms with Crippen LogP contribution in [0.1, 0.15) is 24.0 Å². The highest BCUT2D eigenvalue weighted by molar-refractivity contribution is 5.95. The molecule has 1 atom stereocenters. The molecule has 28 heavy (non-hydrogen) atoms. The molecule has 5 nitrogen and oxygen atoms in total. The van der Waals surface area contributed by atoms with Gasteiger partial charge in [0.15, 0.2) is 0 Å². The smallest absolute Gasteiger partial charge is 0.241 e. The highest BCUT2D eigenvalue weighted by atomic mass is 16.2. The zero-order valence-electron chi connectivity index (χ0n) is 16.7. The number of hydrogen-bond acceptors (Lipinski definition) is 4. The van der Waals surface area contributed by atoms with Crippen molar-refractivity contribution in [2.45, 2.75) is 32.4 Å². The van der Waals surface area contributed by atoms with Gasteiger partial charge in [-0.3, -0.25) is 9.69 Å². The quantitative estimate of drug-likeness (QED) is 0.840. The first kappa shape index (κ1) is 19.0. The number of nitrogens with zero attached hydrogens (tertiary/aromatic N) is 2. The molecule has 0 aromatic heterocycles. The standard InChI is InChI=1S/C23H30N4O/c1-18-4-2-5-21(16-18)27-14-12-26(13-15-27)17-19-7-9-20(10-8-19)25-23(28)22-6-3-11-24-22/h2,4-5,7-10,16,22,24H,3,6,11-15,17H2,1H3,(H,25,28). The SMILES string of the molecule is Cc1cccc(N2CCN(Cc3ccc(NC(=O)C4CCCN4)cc3)CC2)c1. The third kappa shape index (κ3) is 4.72. The average Bonchev–Trinajstić information content (AvgIpc) is 3.25. The average molecular weight is 379 g/mol. The van der Waals surface area contributed by atoms with E-state index in [1.807, 2.05) is 12.1 Å². The van der Waals surface area contributed by atoms with Gasteiger partial charge in [0.25, 0.3) is 0 Å². The number of aryl methyl sites for hydroxylation is 1. The molecule has 2 aliphatic heterocycles. The van der Waals surface area contributed by atoms with Crippen molar-refractivity contribution >= 4 is 17.3 Å². The molecule has 0 spiro atoms. The Morgan fingerprint density at radius 1 is 1.11 bits per heavy atom. The first-order valence-corrected chi connectivity index (χ1v) is 10.3. The normalized spacial score (nSPS) is 20.3. The highest BCUT2D eigenvalue weighted by Crippen LogP contribution is 2.19.